The van der Waals surface area contributed by atoms with Gasteiger partial charge in [0.05, 0.1) is 6.54 Å². The Morgan fingerprint density at radius 2 is 1.87 bits per heavy atom. The number of benzene rings is 2. The van der Waals surface area contributed by atoms with Crippen molar-refractivity contribution in [2.45, 2.75) is 53.1 Å². The smallest absolute Gasteiger partial charge is 0.275 e. The summed E-state index contributed by atoms with van der Waals surface area (Å²) in [6.07, 6.45) is 0.900. The van der Waals surface area contributed by atoms with E-state index >= 15 is 0 Å². The van der Waals surface area contributed by atoms with Gasteiger partial charge in [-0.3, -0.25) is 14.5 Å². The Morgan fingerprint density at radius 3 is 2.58 bits per heavy atom. The molecule has 0 spiro atoms. The second-order valence-electron chi connectivity index (χ2n) is 9.32. The third-order valence-electron chi connectivity index (χ3n) is 6.28. The second-order valence-corrected chi connectivity index (χ2v) is 9.32. The Labute approximate surface area is 184 Å². The number of aryl methyl sites for hydroxylation is 2. The Balaban J connectivity index is 1.84. The van der Waals surface area contributed by atoms with Gasteiger partial charge in [0.15, 0.2) is 0 Å². The van der Waals surface area contributed by atoms with Gasteiger partial charge >= 0.3 is 0 Å². The Bertz CT molecular complexity index is 1160. The molecule has 0 bridgehead atoms. The third kappa shape index (κ3) is 3.62. The highest BCUT2D eigenvalue weighted by Gasteiger charge is 2.48. The monoisotopic (exact) mass is 417 g/mol. The first kappa shape index (κ1) is 21.2. The zero-order valence-electron chi connectivity index (χ0n) is 19.0. The van der Waals surface area contributed by atoms with Gasteiger partial charge in [-0.05, 0) is 56.9 Å². The number of anilines is 1. The van der Waals surface area contributed by atoms with E-state index < -0.39 is 5.54 Å². The lowest BCUT2D eigenvalue weighted by Crippen LogP contribution is -2.64. The predicted molar refractivity (Wildman–Crippen MR) is 126 cm³/mol. The quantitative estimate of drug-likeness (QED) is 0.646. The van der Waals surface area contributed by atoms with Gasteiger partial charge in [-0.2, -0.15) is 0 Å². The van der Waals surface area contributed by atoms with Crippen LogP contribution in [-0.4, -0.2) is 28.5 Å². The van der Waals surface area contributed by atoms with Crippen molar-refractivity contribution in [3.8, 4) is 0 Å². The lowest BCUT2D eigenvalue weighted by molar-refractivity contribution is -0.126. The number of hydrogen-bond donors (Lipinski definition) is 1. The summed E-state index contributed by atoms with van der Waals surface area (Å²) >= 11 is 0. The minimum absolute atomic E-state index is 0.120. The summed E-state index contributed by atoms with van der Waals surface area (Å²) in [6, 6.07) is 15.9. The topological polar surface area (TPSA) is 54.3 Å². The average Bonchev–Trinajstić information content (AvgIpc) is 3.08. The SMILES string of the molecule is Cc1ccc(N2C(=O)c3cc4ccccc4n3C[C@@]2(C)C(=O)NCCC(C)C)c(C)c1. The van der Waals surface area contributed by atoms with Crippen molar-refractivity contribution in [2.75, 3.05) is 11.4 Å². The molecular formula is C26H31N3O2. The van der Waals surface area contributed by atoms with Crippen LogP contribution in [0.2, 0.25) is 0 Å². The molecule has 2 heterocycles. The molecular weight excluding hydrogens is 386 g/mol. The molecule has 0 saturated carbocycles. The molecule has 5 nitrogen and oxygen atoms in total. The molecule has 5 heteroatoms. The molecule has 0 aliphatic carbocycles. The molecule has 0 unspecified atom stereocenters. The number of rotatable bonds is 5. The summed E-state index contributed by atoms with van der Waals surface area (Å²) in [4.78, 5) is 29.1. The van der Waals surface area contributed by atoms with Crippen LogP contribution >= 0.6 is 0 Å². The van der Waals surface area contributed by atoms with E-state index in [4.69, 9.17) is 0 Å². The maximum absolute atomic E-state index is 13.9. The Kier molecular flexibility index (Phi) is 5.38. The first-order valence-corrected chi connectivity index (χ1v) is 11.0. The largest absolute Gasteiger partial charge is 0.354 e. The van der Waals surface area contributed by atoms with Gasteiger partial charge in [-0.15, -0.1) is 0 Å². The molecule has 1 aliphatic rings. The average molecular weight is 418 g/mol. The van der Waals surface area contributed by atoms with E-state index in [2.05, 4.69) is 25.2 Å². The number of aromatic nitrogens is 1. The van der Waals surface area contributed by atoms with Gasteiger partial charge in [0, 0.05) is 23.1 Å². The van der Waals surface area contributed by atoms with Crippen molar-refractivity contribution in [3.63, 3.8) is 0 Å². The maximum atomic E-state index is 13.9. The standard InChI is InChI=1S/C26H31N3O2/c1-17(2)12-13-27-25(31)26(5)16-28-22-9-7-6-8-20(22)15-23(28)24(30)29(26)21-11-10-18(3)14-19(21)4/h6-11,14-15,17H,12-13,16H2,1-5H3,(H,27,31)/t26-/m0/s1. The van der Waals surface area contributed by atoms with Crippen LogP contribution in [0, 0.1) is 19.8 Å². The molecule has 0 saturated heterocycles. The molecule has 1 N–H and O–H groups in total. The first-order chi connectivity index (χ1) is 14.7. The van der Waals surface area contributed by atoms with Gasteiger partial charge in [0.1, 0.15) is 11.2 Å². The molecule has 4 rings (SSSR count). The van der Waals surface area contributed by atoms with E-state index in [1.54, 1.807) is 4.90 Å². The zero-order valence-corrected chi connectivity index (χ0v) is 19.0. The van der Waals surface area contributed by atoms with Gasteiger partial charge in [0.25, 0.3) is 5.91 Å². The number of para-hydroxylation sites is 1. The van der Waals surface area contributed by atoms with Crippen LogP contribution in [0.1, 0.15) is 48.8 Å². The van der Waals surface area contributed by atoms with Crippen molar-refractivity contribution in [1.82, 2.24) is 9.88 Å². The Hall–Kier alpha value is -3.08. The van der Waals surface area contributed by atoms with Gasteiger partial charge in [-0.1, -0.05) is 49.7 Å². The molecule has 1 aliphatic heterocycles. The first-order valence-electron chi connectivity index (χ1n) is 11.0. The fraction of sp³-hybridized carbons (Fsp3) is 0.385. The molecule has 1 atom stereocenters. The maximum Gasteiger partial charge on any atom is 0.275 e. The predicted octanol–water partition coefficient (Wildman–Crippen LogP) is 4.84. The van der Waals surface area contributed by atoms with Crippen molar-refractivity contribution in [1.29, 1.82) is 0 Å². The highest BCUT2D eigenvalue weighted by atomic mass is 16.2. The van der Waals surface area contributed by atoms with Crippen LogP contribution in [0.4, 0.5) is 5.69 Å². The van der Waals surface area contributed by atoms with Crippen LogP contribution < -0.4 is 10.2 Å². The molecule has 1 aromatic heterocycles. The van der Waals surface area contributed by atoms with Gasteiger partial charge in [0.2, 0.25) is 5.91 Å². The molecule has 2 amide bonds. The molecule has 2 aromatic carbocycles. The summed E-state index contributed by atoms with van der Waals surface area (Å²) in [5.41, 5.74) is 3.46. The van der Waals surface area contributed by atoms with Crippen molar-refractivity contribution in [3.05, 3.63) is 65.4 Å². The fourth-order valence-corrected chi connectivity index (χ4v) is 4.54. The van der Waals surface area contributed by atoms with Crippen LogP contribution in [0.3, 0.4) is 0 Å². The van der Waals surface area contributed by atoms with Crippen LogP contribution in [-0.2, 0) is 11.3 Å². The van der Waals surface area contributed by atoms with Crippen LogP contribution in [0.25, 0.3) is 10.9 Å². The highest BCUT2D eigenvalue weighted by Crippen LogP contribution is 2.37. The normalized spacial score (nSPS) is 18.5. The number of fused-ring (bicyclic) bond motifs is 3. The van der Waals surface area contributed by atoms with E-state index in [1.807, 2.05) is 67.8 Å². The van der Waals surface area contributed by atoms with Crippen LogP contribution in [0.15, 0.2) is 48.5 Å². The highest BCUT2D eigenvalue weighted by molar-refractivity contribution is 6.14. The summed E-state index contributed by atoms with van der Waals surface area (Å²) < 4.78 is 2.00. The number of nitrogens with one attached hydrogen (secondary N) is 1. The van der Waals surface area contributed by atoms with E-state index in [-0.39, 0.29) is 11.8 Å². The van der Waals surface area contributed by atoms with Crippen LogP contribution in [0.5, 0.6) is 0 Å². The summed E-state index contributed by atoms with van der Waals surface area (Å²) in [7, 11) is 0. The molecule has 0 fully saturated rings. The molecule has 162 valence electrons. The van der Waals surface area contributed by atoms with Crippen molar-refractivity contribution in [2.24, 2.45) is 5.92 Å². The summed E-state index contributed by atoms with van der Waals surface area (Å²) in [6.45, 7) is 11.2. The van der Waals surface area contributed by atoms with E-state index in [0.717, 1.165) is 34.1 Å². The number of hydrogen-bond acceptors (Lipinski definition) is 2. The lowest BCUT2D eigenvalue weighted by Gasteiger charge is -2.44. The minimum Gasteiger partial charge on any atom is -0.354 e. The van der Waals surface area contributed by atoms with Crippen molar-refractivity contribution >= 4 is 28.4 Å². The second kappa shape index (κ2) is 7.88. The number of nitrogens with zero attached hydrogens (tertiary/aromatic N) is 2. The number of carbonyl (C=O) groups is 2. The molecule has 31 heavy (non-hydrogen) atoms. The van der Waals surface area contributed by atoms with Gasteiger partial charge < -0.3 is 9.88 Å². The minimum atomic E-state index is -1.04. The number of amides is 2. The fourth-order valence-electron chi connectivity index (χ4n) is 4.54. The summed E-state index contributed by atoms with van der Waals surface area (Å²) in [5, 5.41) is 4.11. The molecule has 0 radical (unpaired) electrons. The Morgan fingerprint density at radius 1 is 1.13 bits per heavy atom. The van der Waals surface area contributed by atoms with Crippen molar-refractivity contribution < 1.29 is 9.59 Å². The molecule has 3 aromatic rings. The van der Waals surface area contributed by atoms with E-state index in [0.29, 0.717) is 24.7 Å². The summed E-state index contributed by atoms with van der Waals surface area (Å²) in [5.74, 6) is 0.234. The zero-order chi connectivity index (χ0) is 22.3. The third-order valence-corrected chi connectivity index (χ3v) is 6.28. The van der Waals surface area contributed by atoms with E-state index in [1.165, 1.54) is 0 Å². The number of carbonyl (C=O) groups excluding carboxylic acids is 2. The van der Waals surface area contributed by atoms with E-state index in [9.17, 15) is 9.59 Å². The van der Waals surface area contributed by atoms with Gasteiger partial charge in [-0.25, -0.2) is 0 Å². The lowest BCUT2D eigenvalue weighted by atomic mass is 9.92.